The van der Waals surface area contributed by atoms with Crippen LogP contribution in [0.2, 0.25) is 5.28 Å². The van der Waals surface area contributed by atoms with Gasteiger partial charge in [-0.3, -0.25) is 0 Å². The van der Waals surface area contributed by atoms with Gasteiger partial charge in [0, 0.05) is 12.4 Å². The third-order valence-corrected chi connectivity index (χ3v) is 4.15. The summed E-state index contributed by atoms with van der Waals surface area (Å²) < 4.78 is 1.83. The van der Waals surface area contributed by atoms with Gasteiger partial charge in [0.15, 0.2) is 5.16 Å². The summed E-state index contributed by atoms with van der Waals surface area (Å²) in [6.07, 6.45) is 1.65. The lowest BCUT2D eigenvalue weighted by atomic mass is 10.4. The summed E-state index contributed by atoms with van der Waals surface area (Å²) in [6, 6.07) is 1.98. The molecule has 86 valence electrons. The molecule has 3 rings (SSSR count). The van der Waals surface area contributed by atoms with E-state index in [2.05, 4.69) is 20.2 Å². The monoisotopic (exact) mass is 283 g/mol. The van der Waals surface area contributed by atoms with Gasteiger partial charge in [-0.2, -0.15) is 0 Å². The molecule has 17 heavy (non-hydrogen) atoms. The zero-order valence-electron chi connectivity index (χ0n) is 8.66. The van der Waals surface area contributed by atoms with Gasteiger partial charge in [0.2, 0.25) is 5.28 Å². The van der Waals surface area contributed by atoms with E-state index in [9.17, 15) is 0 Å². The van der Waals surface area contributed by atoms with Crippen molar-refractivity contribution in [2.75, 3.05) is 0 Å². The molecule has 0 atom stereocenters. The van der Waals surface area contributed by atoms with E-state index in [1.165, 1.54) is 11.8 Å². The Morgan fingerprint density at radius 1 is 1.41 bits per heavy atom. The van der Waals surface area contributed by atoms with E-state index in [1.54, 1.807) is 17.7 Å². The van der Waals surface area contributed by atoms with Crippen LogP contribution in [0.4, 0.5) is 0 Å². The number of aromatic nitrogens is 5. The van der Waals surface area contributed by atoms with Gasteiger partial charge in [-0.05, 0) is 34.8 Å². The van der Waals surface area contributed by atoms with Gasteiger partial charge in [-0.15, -0.1) is 21.5 Å². The van der Waals surface area contributed by atoms with E-state index in [0.29, 0.717) is 0 Å². The molecule has 3 heterocycles. The summed E-state index contributed by atoms with van der Waals surface area (Å²) in [5.74, 6) is 0. The van der Waals surface area contributed by atoms with Crippen LogP contribution in [0.1, 0.15) is 0 Å². The summed E-state index contributed by atoms with van der Waals surface area (Å²) in [5, 5.41) is 12.6. The second-order valence-electron chi connectivity index (χ2n) is 3.26. The Hall–Kier alpha value is -1.18. The van der Waals surface area contributed by atoms with Crippen molar-refractivity contribution in [1.82, 2.24) is 24.7 Å². The number of thiophene rings is 1. The average Bonchev–Trinajstić information content (AvgIpc) is 2.88. The van der Waals surface area contributed by atoms with Crippen LogP contribution >= 0.6 is 34.7 Å². The third kappa shape index (κ3) is 2.01. The number of rotatable bonds is 2. The minimum atomic E-state index is 0.254. The molecule has 8 heteroatoms. The highest BCUT2D eigenvalue weighted by Gasteiger charge is 2.12. The number of nitrogens with zero attached hydrogens (tertiary/aromatic N) is 5. The Kier molecular flexibility index (Phi) is 2.73. The molecule has 0 saturated heterocycles. The Bertz CT molecular complexity index is 677. The fourth-order valence-electron chi connectivity index (χ4n) is 1.33. The van der Waals surface area contributed by atoms with Gasteiger partial charge >= 0.3 is 0 Å². The Morgan fingerprint density at radius 3 is 3.06 bits per heavy atom. The normalized spacial score (nSPS) is 11.2. The van der Waals surface area contributed by atoms with Gasteiger partial charge in [0.25, 0.3) is 0 Å². The maximum Gasteiger partial charge on any atom is 0.224 e. The molecular formula is C9H6ClN5S2. The molecule has 3 aromatic heterocycles. The van der Waals surface area contributed by atoms with Crippen molar-refractivity contribution in [3.8, 4) is 0 Å². The molecule has 0 aromatic carbocycles. The van der Waals surface area contributed by atoms with Crippen LogP contribution in [0, 0.1) is 0 Å². The van der Waals surface area contributed by atoms with Crippen LogP contribution in [-0.4, -0.2) is 24.7 Å². The first kappa shape index (κ1) is 10.9. The van der Waals surface area contributed by atoms with Crippen molar-refractivity contribution >= 4 is 44.9 Å². The van der Waals surface area contributed by atoms with Crippen molar-refractivity contribution in [3.05, 3.63) is 23.1 Å². The van der Waals surface area contributed by atoms with Crippen molar-refractivity contribution in [3.63, 3.8) is 0 Å². The molecule has 0 amide bonds. The third-order valence-electron chi connectivity index (χ3n) is 2.12. The standard InChI is InChI=1S/C9H6ClN5S2/c1-15-4-11-14-9(15)17-7-5-2-3-16-6(5)12-8(10)13-7/h2-4H,1H3. The predicted molar refractivity (Wildman–Crippen MR) is 67.6 cm³/mol. The molecule has 0 unspecified atom stereocenters. The average molecular weight is 284 g/mol. The Labute approximate surface area is 110 Å². The predicted octanol–water partition coefficient (Wildman–Crippen LogP) is 2.62. The van der Waals surface area contributed by atoms with Gasteiger partial charge in [-0.25, -0.2) is 9.97 Å². The lowest BCUT2D eigenvalue weighted by Crippen LogP contribution is -1.91. The fraction of sp³-hybridized carbons (Fsp3) is 0.111. The quantitative estimate of drug-likeness (QED) is 0.534. The maximum atomic E-state index is 5.89. The molecule has 0 aliphatic carbocycles. The van der Waals surface area contributed by atoms with Crippen molar-refractivity contribution in [1.29, 1.82) is 0 Å². The van der Waals surface area contributed by atoms with Gasteiger partial charge in [0.05, 0.1) is 0 Å². The van der Waals surface area contributed by atoms with E-state index in [-0.39, 0.29) is 5.28 Å². The minimum absolute atomic E-state index is 0.254. The smallest absolute Gasteiger partial charge is 0.224 e. The molecule has 0 aliphatic rings. The molecule has 0 bridgehead atoms. The van der Waals surface area contributed by atoms with Crippen molar-refractivity contribution in [2.24, 2.45) is 7.05 Å². The maximum absolute atomic E-state index is 5.89. The zero-order chi connectivity index (χ0) is 11.8. The second kappa shape index (κ2) is 4.25. The Balaban J connectivity index is 2.11. The van der Waals surface area contributed by atoms with Crippen LogP contribution in [0.3, 0.4) is 0 Å². The lowest BCUT2D eigenvalue weighted by Gasteiger charge is -2.01. The highest BCUT2D eigenvalue weighted by atomic mass is 35.5. The molecule has 0 radical (unpaired) electrons. The zero-order valence-corrected chi connectivity index (χ0v) is 11.1. The van der Waals surface area contributed by atoms with Crippen LogP contribution in [0.25, 0.3) is 10.2 Å². The first-order chi connectivity index (χ1) is 8.24. The Morgan fingerprint density at radius 2 is 2.29 bits per heavy atom. The van der Waals surface area contributed by atoms with Crippen LogP contribution in [0.15, 0.2) is 28.0 Å². The van der Waals surface area contributed by atoms with Crippen LogP contribution < -0.4 is 0 Å². The van der Waals surface area contributed by atoms with E-state index in [4.69, 9.17) is 11.6 Å². The molecule has 0 spiro atoms. The molecule has 0 aliphatic heterocycles. The van der Waals surface area contributed by atoms with Gasteiger partial charge in [0.1, 0.15) is 16.2 Å². The second-order valence-corrected chi connectivity index (χ2v) is 5.45. The molecule has 0 fully saturated rings. The van der Waals surface area contributed by atoms with E-state index >= 15 is 0 Å². The molecular weight excluding hydrogens is 278 g/mol. The van der Waals surface area contributed by atoms with Crippen molar-refractivity contribution < 1.29 is 0 Å². The summed E-state index contributed by atoms with van der Waals surface area (Å²) in [6.45, 7) is 0. The number of halogens is 1. The van der Waals surface area contributed by atoms with E-state index < -0.39 is 0 Å². The highest BCUT2D eigenvalue weighted by molar-refractivity contribution is 7.99. The summed E-state index contributed by atoms with van der Waals surface area (Å²) in [4.78, 5) is 9.28. The SMILES string of the molecule is Cn1cnnc1Sc1nc(Cl)nc2sccc12. The number of hydrogen-bond donors (Lipinski definition) is 0. The molecule has 5 nitrogen and oxygen atoms in total. The van der Waals surface area contributed by atoms with Gasteiger partial charge < -0.3 is 4.57 Å². The molecule has 0 saturated carbocycles. The number of aryl methyl sites for hydroxylation is 1. The van der Waals surface area contributed by atoms with Crippen LogP contribution in [-0.2, 0) is 7.05 Å². The summed E-state index contributed by atoms with van der Waals surface area (Å²) >= 11 is 8.86. The first-order valence-corrected chi connectivity index (χ1v) is 6.74. The summed E-state index contributed by atoms with van der Waals surface area (Å²) in [5.41, 5.74) is 0. The van der Waals surface area contributed by atoms with E-state index in [1.807, 2.05) is 23.1 Å². The van der Waals surface area contributed by atoms with Gasteiger partial charge in [-0.1, -0.05) is 0 Å². The number of fused-ring (bicyclic) bond motifs is 1. The number of hydrogen-bond acceptors (Lipinski definition) is 6. The molecule has 3 aromatic rings. The summed E-state index contributed by atoms with van der Waals surface area (Å²) in [7, 11) is 1.88. The highest BCUT2D eigenvalue weighted by Crippen LogP contribution is 2.32. The first-order valence-electron chi connectivity index (χ1n) is 4.66. The minimum Gasteiger partial charge on any atom is -0.311 e. The lowest BCUT2D eigenvalue weighted by molar-refractivity contribution is 0.787. The largest absolute Gasteiger partial charge is 0.311 e. The topological polar surface area (TPSA) is 56.5 Å². The fourth-order valence-corrected chi connectivity index (χ4v) is 3.29. The van der Waals surface area contributed by atoms with Crippen LogP contribution in [0.5, 0.6) is 0 Å². The molecule has 0 N–H and O–H groups in total. The van der Waals surface area contributed by atoms with Crippen molar-refractivity contribution in [2.45, 2.75) is 10.2 Å². The van der Waals surface area contributed by atoms with E-state index in [0.717, 1.165) is 20.4 Å².